The number of halogens is 1. The molecule has 0 aliphatic carbocycles. The van der Waals surface area contributed by atoms with E-state index >= 15 is 4.39 Å². The summed E-state index contributed by atoms with van der Waals surface area (Å²) in [4.78, 5) is 33.2. The minimum Gasteiger partial charge on any atom is -0.486 e. The normalized spacial score (nSPS) is 24.0. The van der Waals surface area contributed by atoms with Gasteiger partial charge in [-0.05, 0) is 49.4 Å². The van der Waals surface area contributed by atoms with Crippen LogP contribution in [0, 0.1) is 5.82 Å². The van der Waals surface area contributed by atoms with Gasteiger partial charge in [0.1, 0.15) is 19.3 Å². The summed E-state index contributed by atoms with van der Waals surface area (Å²) in [7, 11) is -2.94. The van der Waals surface area contributed by atoms with Crippen LogP contribution in [-0.2, 0) is 40.5 Å². The van der Waals surface area contributed by atoms with Crippen LogP contribution in [-0.4, -0.2) is 87.5 Å². The number of fused-ring (bicyclic) bond motifs is 2. The SMILES string of the molecule is COCCOC(=O)N1C2CC[C@@H]1CN(S(=O)(=O)c1ccc(OCc3ccccc3)c(F)c1)[C@H]2C(=O)NOC1CCCCO1. The largest absolute Gasteiger partial charge is 0.486 e. The maximum Gasteiger partial charge on any atom is 0.410 e. The highest BCUT2D eigenvalue weighted by Gasteiger charge is 2.55. The highest BCUT2D eigenvalue weighted by molar-refractivity contribution is 7.89. The molecular weight excluding hydrogens is 585 g/mol. The molecule has 14 heteroatoms. The standard InChI is InChI=1S/C29H36FN3O9S/c1-38-15-16-40-29(35)33-21-10-12-24(33)27(28(34)31-42-26-9-5-6-14-39-26)32(18-21)43(36,37)22-11-13-25(23(30)17-22)41-19-20-7-3-2-4-8-20/h2-4,7-8,11,13,17,21,24,26-27H,5-6,9-10,12,14-16,18-19H2,1H3,(H,31,34)/t21-,24?,26?,27-/m1/s1. The molecule has 2 aromatic rings. The Kier molecular flexibility index (Phi) is 10.1. The number of nitrogens with one attached hydrogen (secondary N) is 1. The van der Waals surface area contributed by atoms with Gasteiger partial charge in [-0.3, -0.25) is 9.69 Å². The van der Waals surface area contributed by atoms with Gasteiger partial charge in [0.25, 0.3) is 5.91 Å². The highest BCUT2D eigenvalue weighted by atomic mass is 32.2. The van der Waals surface area contributed by atoms with E-state index in [0.717, 1.165) is 28.8 Å². The number of methoxy groups -OCH3 is 1. The maximum atomic E-state index is 15.1. The molecule has 12 nitrogen and oxygen atoms in total. The third-order valence-electron chi connectivity index (χ3n) is 7.78. The first kappa shape index (κ1) is 31.1. The molecule has 2 aromatic carbocycles. The number of amides is 2. The Morgan fingerprint density at radius 1 is 1.07 bits per heavy atom. The molecule has 0 radical (unpaired) electrons. The van der Waals surface area contributed by atoms with Crippen molar-refractivity contribution in [2.75, 3.05) is 33.5 Å². The van der Waals surface area contributed by atoms with Gasteiger partial charge in [0.15, 0.2) is 17.9 Å². The van der Waals surface area contributed by atoms with Gasteiger partial charge in [-0.25, -0.2) is 27.9 Å². The van der Waals surface area contributed by atoms with Crippen LogP contribution in [0.25, 0.3) is 0 Å². The van der Waals surface area contributed by atoms with E-state index in [0.29, 0.717) is 25.9 Å². The van der Waals surface area contributed by atoms with E-state index in [1.165, 1.54) is 24.1 Å². The molecule has 43 heavy (non-hydrogen) atoms. The minimum atomic E-state index is -4.41. The van der Waals surface area contributed by atoms with E-state index in [2.05, 4.69) is 5.48 Å². The summed E-state index contributed by atoms with van der Waals surface area (Å²) in [6.45, 7) is 0.578. The van der Waals surface area contributed by atoms with Crippen molar-refractivity contribution in [3.05, 3.63) is 59.9 Å². The second-order valence-corrected chi connectivity index (χ2v) is 12.5. The second kappa shape index (κ2) is 14.0. The van der Waals surface area contributed by atoms with Crippen molar-refractivity contribution < 1.29 is 46.2 Å². The fraction of sp³-hybridized carbons (Fsp3) is 0.517. The van der Waals surface area contributed by atoms with Crippen LogP contribution < -0.4 is 10.2 Å². The van der Waals surface area contributed by atoms with E-state index < -0.39 is 52.3 Å². The zero-order valence-electron chi connectivity index (χ0n) is 23.9. The summed E-state index contributed by atoms with van der Waals surface area (Å²) in [5, 5.41) is 0. The summed E-state index contributed by atoms with van der Waals surface area (Å²) in [5.41, 5.74) is 3.18. The van der Waals surface area contributed by atoms with Crippen molar-refractivity contribution in [1.29, 1.82) is 0 Å². The van der Waals surface area contributed by atoms with Gasteiger partial charge in [-0.15, -0.1) is 0 Å². The fourth-order valence-corrected chi connectivity index (χ4v) is 7.32. The molecule has 0 saturated carbocycles. The maximum absolute atomic E-state index is 15.1. The molecule has 2 unspecified atom stereocenters. The number of carbonyl (C=O) groups excluding carboxylic acids is 2. The zero-order valence-corrected chi connectivity index (χ0v) is 24.7. The number of benzene rings is 2. The number of sulfonamides is 1. The lowest BCUT2D eigenvalue weighted by Gasteiger charge is -2.44. The first-order valence-corrected chi connectivity index (χ1v) is 15.7. The summed E-state index contributed by atoms with van der Waals surface area (Å²) >= 11 is 0. The predicted octanol–water partition coefficient (Wildman–Crippen LogP) is 2.97. The van der Waals surface area contributed by atoms with Gasteiger partial charge < -0.3 is 18.9 Å². The van der Waals surface area contributed by atoms with Gasteiger partial charge in [-0.2, -0.15) is 4.31 Å². The topological polar surface area (TPSA) is 133 Å². The lowest BCUT2D eigenvalue weighted by Crippen LogP contribution is -2.66. The molecule has 2 amide bonds. The first-order valence-electron chi connectivity index (χ1n) is 14.3. The lowest BCUT2D eigenvalue weighted by molar-refractivity contribution is -0.203. The van der Waals surface area contributed by atoms with E-state index in [1.807, 2.05) is 30.3 Å². The quantitative estimate of drug-likeness (QED) is 0.297. The van der Waals surface area contributed by atoms with Crippen LogP contribution in [0.4, 0.5) is 9.18 Å². The number of carbonyl (C=O) groups is 2. The molecule has 0 aromatic heterocycles. The number of hydrogen-bond donors (Lipinski definition) is 1. The van der Waals surface area contributed by atoms with Crippen molar-refractivity contribution in [2.45, 2.75) is 68.0 Å². The zero-order chi connectivity index (χ0) is 30.4. The van der Waals surface area contributed by atoms with Crippen molar-refractivity contribution in [3.8, 4) is 5.75 Å². The number of ether oxygens (including phenoxy) is 4. The van der Waals surface area contributed by atoms with Crippen LogP contribution >= 0.6 is 0 Å². The van der Waals surface area contributed by atoms with Crippen molar-refractivity contribution in [2.24, 2.45) is 0 Å². The molecule has 3 fully saturated rings. The minimum absolute atomic E-state index is 0.00421. The number of hydrogen-bond acceptors (Lipinski definition) is 9. The number of nitrogens with zero attached hydrogens (tertiary/aromatic N) is 2. The summed E-state index contributed by atoms with van der Waals surface area (Å²) in [6, 6.07) is 9.80. The molecule has 3 aliphatic rings. The van der Waals surface area contributed by atoms with Crippen LogP contribution in [0.2, 0.25) is 0 Å². The molecule has 5 rings (SSSR count). The average molecular weight is 622 g/mol. The molecule has 2 bridgehead atoms. The number of piperazine rings is 1. The predicted molar refractivity (Wildman–Crippen MR) is 150 cm³/mol. The monoisotopic (exact) mass is 621 g/mol. The Bertz CT molecular complexity index is 1370. The van der Waals surface area contributed by atoms with Crippen LogP contribution in [0.15, 0.2) is 53.4 Å². The first-order chi connectivity index (χ1) is 20.8. The van der Waals surface area contributed by atoms with E-state index in [-0.39, 0.29) is 37.0 Å². The van der Waals surface area contributed by atoms with Gasteiger partial charge in [0.05, 0.1) is 17.5 Å². The second-order valence-electron chi connectivity index (χ2n) is 10.6. The molecule has 3 saturated heterocycles. The van der Waals surface area contributed by atoms with Crippen LogP contribution in [0.5, 0.6) is 5.75 Å². The molecule has 1 N–H and O–H groups in total. The molecular formula is C29H36FN3O9S. The van der Waals surface area contributed by atoms with Crippen molar-refractivity contribution >= 4 is 22.0 Å². The van der Waals surface area contributed by atoms with Gasteiger partial charge >= 0.3 is 6.09 Å². The van der Waals surface area contributed by atoms with E-state index in [9.17, 15) is 18.0 Å². The van der Waals surface area contributed by atoms with E-state index in [4.69, 9.17) is 23.8 Å². The molecule has 4 atom stereocenters. The van der Waals surface area contributed by atoms with Gasteiger partial charge in [0.2, 0.25) is 10.0 Å². The Morgan fingerprint density at radius 3 is 2.60 bits per heavy atom. The van der Waals surface area contributed by atoms with Crippen molar-refractivity contribution in [3.63, 3.8) is 0 Å². The smallest absolute Gasteiger partial charge is 0.410 e. The van der Waals surface area contributed by atoms with Crippen molar-refractivity contribution in [1.82, 2.24) is 14.7 Å². The summed E-state index contributed by atoms with van der Waals surface area (Å²) < 4.78 is 65.4. The molecule has 3 heterocycles. The number of rotatable bonds is 11. The summed E-state index contributed by atoms with van der Waals surface area (Å²) in [6.07, 6.45) is 1.76. The fourth-order valence-electron chi connectivity index (χ4n) is 5.66. The van der Waals surface area contributed by atoms with Gasteiger partial charge in [-0.1, -0.05) is 30.3 Å². The summed E-state index contributed by atoms with van der Waals surface area (Å²) in [5.74, 6) is -1.73. The number of hydroxylamine groups is 1. The third kappa shape index (κ3) is 7.10. The Hall–Kier alpha value is -3.30. The molecule has 3 aliphatic heterocycles. The average Bonchev–Trinajstić information content (AvgIpc) is 3.33. The Morgan fingerprint density at radius 2 is 1.88 bits per heavy atom. The Balaban J connectivity index is 1.37. The molecule has 234 valence electrons. The molecule has 0 spiro atoms. The van der Waals surface area contributed by atoms with E-state index in [1.54, 1.807) is 0 Å². The lowest BCUT2D eigenvalue weighted by atomic mass is 10.1. The highest BCUT2D eigenvalue weighted by Crippen LogP contribution is 2.38. The third-order valence-corrected chi connectivity index (χ3v) is 9.62. The van der Waals surface area contributed by atoms with Gasteiger partial charge in [0, 0.05) is 32.7 Å². The van der Waals surface area contributed by atoms with Crippen LogP contribution in [0.3, 0.4) is 0 Å². The Labute approximate surface area is 250 Å². The van der Waals surface area contributed by atoms with Crippen LogP contribution in [0.1, 0.15) is 37.7 Å².